The highest BCUT2D eigenvalue weighted by atomic mass is 35.5. The zero-order valence-electron chi connectivity index (χ0n) is 15.7. The van der Waals surface area contributed by atoms with Gasteiger partial charge in [-0.3, -0.25) is 9.59 Å². The second-order valence-corrected chi connectivity index (χ2v) is 7.15. The van der Waals surface area contributed by atoms with Crippen LogP contribution in [0, 0.1) is 0 Å². The number of rotatable bonds is 6. The van der Waals surface area contributed by atoms with Gasteiger partial charge in [0.2, 0.25) is 5.91 Å². The van der Waals surface area contributed by atoms with Crippen LogP contribution in [0.3, 0.4) is 0 Å². The minimum Gasteiger partial charge on any atom is -0.376 e. The lowest BCUT2D eigenvalue weighted by atomic mass is 10.1. The van der Waals surface area contributed by atoms with Crippen LogP contribution >= 0.6 is 23.2 Å². The van der Waals surface area contributed by atoms with Gasteiger partial charge in [-0.25, -0.2) is 0 Å². The lowest BCUT2D eigenvalue weighted by molar-refractivity contribution is -0.114. The smallest absolute Gasteiger partial charge is 0.258 e. The molecule has 0 atom stereocenters. The van der Waals surface area contributed by atoms with Crippen LogP contribution in [0.2, 0.25) is 10.0 Å². The van der Waals surface area contributed by atoms with Crippen LogP contribution in [0.25, 0.3) is 0 Å². The van der Waals surface area contributed by atoms with Gasteiger partial charge in [-0.2, -0.15) is 0 Å². The Morgan fingerprint density at radius 3 is 2.41 bits per heavy atom. The van der Waals surface area contributed by atoms with Crippen LogP contribution in [0.4, 0.5) is 17.1 Å². The van der Waals surface area contributed by atoms with Gasteiger partial charge in [-0.05, 0) is 48.5 Å². The Labute approximate surface area is 179 Å². The summed E-state index contributed by atoms with van der Waals surface area (Å²) in [6.07, 6.45) is 0. The lowest BCUT2D eigenvalue weighted by Gasteiger charge is -2.18. The molecule has 148 valence electrons. The number of carbonyl (C=O) groups excluding carboxylic acids is 2. The molecule has 2 N–H and O–H groups in total. The number of nitrogens with zero attached hydrogens (tertiary/aromatic N) is 1. The summed E-state index contributed by atoms with van der Waals surface area (Å²) < 4.78 is 0. The van der Waals surface area contributed by atoms with E-state index in [4.69, 9.17) is 23.2 Å². The van der Waals surface area contributed by atoms with E-state index in [0.29, 0.717) is 27.0 Å². The summed E-state index contributed by atoms with van der Waals surface area (Å²) in [5.41, 5.74) is 2.46. The number of hydrogen-bond acceptors (Lipinski definition) is 3. The molecule has 0 unspecified atom stereocenters. The van der Waals surface area contributed by atoms with Crippen molar-refractivity contribution in [2.75, 3.05) is 29.1 Å². The van der Waals surface area contributed by atoms with E-state index in [-0.39, 0.29) is 18.4 Å². The van der Waals surface area contributed by atoms with Crippen LogP contribution in [0.15, 0.2) is 72.8 Å². The van der Waals surface area contributed by atoms with E-state index < -0.39 is 0 Å². The minimum atomic E-state index is -0.271. The zero-order valence-corrected chi connectivity index (χ0v) is 17.2. The fourth-order valence-corrected chi connectivity index (χ4v) is 3.15. The van der Waals surface area contributed by atoms with Gasteiger partial charge < -0.3 is 15.5 Å². The number of para-hydroxylation sites is 1. The predicted molar refractivity (Wildman–Crippen MR) is 119 cm³/mol. The maximum atomic E-state index is 12.7. The Hall–Kier alpha value is -3.02. The second-order valence-electron chi connectivity index (χ2n) is 6.31. The Kier molecular flexibility index (Phi) is 6.75. The summed E-state index contributed by atoms with van der Waals surface area (Å²) >= 11 is 11.9. The molecule has 0 spiro atoms. The molecule has 3 aromatic rings. The minimum absolute atomic E-state index is 0.0190. The Morgan fingerprint density at radius 1 is 0.931 bits per heavy atom. The molecule has 0 aromatic heterocycles. The van der Waals surface area contributed by atoms with E-state index in [2.05, 4.69) is 10.6 Å². The van der Waals surface area contributed by atoms with Gasteiger partial charge in [0.25, 0.3) is 5.91 Å². The van der Waals surface area contributed by atoms with Crippen molar-refractivity contribution in [3.05, 3.63) is 88.4 Å². The molecule has 5 nitrogen and oxygen atoms in total. The fourth-order valence-electron chi connectivity index (χ4n) is 2.69. The summed E-state index contributed by atoms with van der Waals surface area (Å²) in [4.78, 5) is 26.5. The number of nitrogens with one attached hydrogen (secondary N) is 2. The maximum absolute atomic E-state index is 12.7. The highest BCUT2D eigenvalue weighted by Crippen LogP contribution is 2.25. The third-order valence-electron chi connectivity index (χ3n) is 4.22. The van der Waals surface area contributed by atoms with Crippen molar-refractivity contribution in [3.63, 3.8) is 0 Å². The first-order chi connectivity index (χ1) is 13.9. The van der Waals surface area contributed by atoms with E-state index in [1.165, 1.54) is 0 Å². The van der Waals surface area contributed by atoms with Crippen molar-refractivity contribution >= 4 is 52.1 Å². The SMILES string of the molecule is CN(C(=O)c1cccc(NCC(=O)Nc2ccc(Cl)cc2Cl)c1)c1ccccc1. The van der Waals surface area contributed by atoms with Crippen LogP contribution in [-0.4, -0.2) is 25.4 Å². The molecule has 2 amide bonds. The van der Waals surface area contributed by atoms with Gasteiger partial charge >= 0.3 is 0 Å². The summed E-state index contributed by atoms with van der Waals surface area (Å²) in [7, 11) is 1.72. The Balaban J connectivity index is 1.62. The molecule has 7 heteroatoms. The van der Waals surface area contributed by atoms with Gasteiger partial charge in [0, 0.05) is 29.0 Å². The van der Waals surface area contributed by atoms with Crippen LogP contribution in [0.5, 0.6) is 0 Å². The van der Waals surface area contributed by atoms with E-state index in [0.717, 1.165) is 5.69 Å². The summed E-state index contributed by atoms with van der Waals surface area (Å²) in [6.45, 7) is 0.0190. The fraction of sp³-hybridized carbons (Fsp3) is 0.0909. The van der Waals surface area contributed by atoms with Gasteiger partial charge in [-0.15, -0.1) is 0 Å². The monoisotopic (exact) mass is 427 g/mol. The molecule has 0 aliphatic carbocycles. The van der Waals surface area contributed by atoms with E-state index >= 15 is 0 Å². The average molecular weight is 428 g/mol. The molecular formula is C22H19Cl2N3O2. The standard InChI is InChI=1S/C22H19Cl2N3O2/c1-27(18-8-3-2-4-9-18)22(29)15-6-5-7-17(12-15)25-14-21(28)26-20-11-10-16(23)13-19(20)24/h2-13,25H,14H2,1H3,(H,26,28). The molecule has 3 rings (SSSR count). The molecule has 3 aromatic carbocycles. The van der Waals surface area contributed by atoms with Gasteiger partial charge in [0.15, 0.2) is 0 Å². The van der Waals surface area contributed by atoms with Crippen molar-refractivity contribution in [2.24, 2.45) is 0 Å². The van der Waals surface area contributed by atoms with Crippen molar-refractivity contribution in [2.45, 2.75) is 0 Å². The maximum Gasteiger partial charge on any atom is 0.258 e. The molecule has 0 radical (unpaired) electrons. The lowest BCUT2D eigenvalue weighted by Crippen LogP contribution is -2.26. The van der Waals surface area contributed by atoms with Gasteiger partial charge in [-0.1, -0.05) is 47.5 Å². The summed E-state index contributed by atoms with van der Waals surface area (Å²) in [5, 5.41) is 6.59. The summed E-state index contributed by atoms with van der Waals surface area (Å²) in [6, 6.07) is 21.2. The van der Waals surface area contributed by atoms with Crippen molar-refractivity contribution in [1.29, 1.82) is 0 Å². The molecule has 0 bridgehead atoms. The molecule has 29 heavy (non-hydrogen) atoms. The van der Waals surface area contributed by atoms with Crippen molar-refractivity contribution < 1.29 is 9.59 Å². The normalized spacial score (nSPS) is 10.3. The first kappa shape index (κ1) is 20.7. The number of halogens is 2. The molecule has 0 saturated heterocycles. The molecule has 0 aliphatic heterocycles. The predicted octanol–water partition coefficient (Wildman–Crippen LogP) is 5.32. The first-order valence-electron chi connectivity index (χ1n) is 8.86. The molecule has 0 saturated carbocycles. The van der Waals surface area contributed by atoms with Crippen LogP contribution in [-0.2, 0) is 4.79 Å². The number of benzene rings is 3. The third kappa shape index (κ3) is 5.50. The molecule has 0 fully saturated rings. The van der Waals surface area contributed by atoms with Crippen molar-refractivity contribution in [1.82, 2.24) is 0 Å². The number of anilines is 3. The number of carbonyl (C=O) groups is 2. The third-order valence-corrected chi connectivity index (χ3v) is 4.76. The van der Waals surface area contributed by atoms with E-state index in [9.17, 15) is 9.59 Å². The largest absolute Gasteiger partial charge is 0.376 e. The first-order valence-corrected chi connectivity index (χ1v) is 9.61. The highest BCUT2D eigenvalue weighted by molar-refractivity contribution is 6.36. The number of hydrogen-bond donors (Lipinski definition) is 2. The summed E-state index contributed by atoms with van der Waals surface area (Å²) in [5.74, 6) is -0.412. The highest BCUT2D eigenvalue weighted by Gasteiger charge is 2.14. The average Bonchev–Trinajstić information content (AvgIpc) is 2.74. The Morgan fingerprint density at radius 2 is 1.69 bits per heavy atom. The van der Waals surface area contributed by atoms with Gasteiger partial charge in [0.05, 0.1) is 17.3 Å². The molecular weight excluding hydrogens is 409 g/mol. The molecule has 0 aliphatic rings. The molecule has 0 heterocycles. The second kappa shape index (κ2) is 9.45. The number of amides is 2. The van der Waals surface area contributed by atoms with E-state index in [1.54, 1.807) is 54.4 Å². The van der Waals surface area contributed by atoms with Crippen LogP contribution < -0.4 is 15.5 Å². The Bertz CT molecular complexity index is 1030. The van der Waals surface area contributed by atoms with Crippen molar-refractivity contribution in [3.8, 4) is 0 Å². The van der Waals surface area contributed by atoms with E-state index in [1.807, 2.05) is 30.3 Å². The quantitative estimate of drug-likeness (QED) is 0.559. The topological polar surface area (TPSA) is 61.4 Å². The van der Waals surface area contributed by atoms with Crippen LogP contribution in [0.1, 0.15) is 10.4 Å². The van der Waals surface area contributed by atoms with Gasteiger partial charge in [0.1, 0.15) is 0 Å². The zero-order chi connectivity index (χ0) is 20.8.